The van der Waals surface area contributed by atoms with E-state index in [1.54, 1.807) is 6.92 Å². The van der Waals surface area contributed by atoms with E-state index in [0.717, 1.165) is 16.3 Å². The first kappa shape index (κ1) is 14.7. The summed E-state index contributed by atoms with van der Waals surface area (Å²) in [5.74, 6) is -0.712. The summed E-state index contributed by atoms with van der Waals surface area (Å²) >= 11 is 1.44. The van der Waals surface area contributed by atoms with E-state index >= 15 is 0 Å². The number of carbonyl (C=O) groups excluding carboxylic acids is 2. The predicted octanol–water partition coefficient (Wildman–Crippen LogP) is 3.37. The second-order valence-electron chi connectivity index (χ2n) is 5.17. The molecule has 22 heavy (non-hydrogen) atoms. The number of hydrogen-bond acceptors (Lipinski definition) is 3. The monoisotopic (exact) mass is 312 g/mol. The van der Waals surface area contributed by atoms with Crippen molar-refractivity contribution in [2.24, 2.45) is 5.92 Å². The summed E-state index contributed by atoms with van der Waals surface area (Å²) in [4.78, 5) is 25.6. The van der Waals surface area contributed by atoms with Gasteiger partial charge in [-0.05, 0) is 24.3 Å². The number of thioether (sulfide) groups is 1. The first-order chi connectivity index (χ1) is 10.6. The molecule has 0 bridgehead atoms. The van der Waals surface area contributed by atoms with Gasteiger partial charge in [-0.1, -0.05) is 37.3 Å². The van der Waals surface area contributed by atoms with E-state index in [-0.39, 0.29) is 11.8 Å². The van der Waals surface area contributed by atoms with E-state index < -0.39 is 11.2 Å². The molecule has 0 saturated carbocycles. The van der Waals surface area contributed by atoms with Gasteiger partial charge in [-0.15, -0.1) is 11.8 Å². The van der Waals surface area contributed by atoms with Crippen molar-refractivity contribution in [3.63, 3.8) is 0 Å². The van der Waals surface area contributed by atoms with Crippen LogP contribution in [0.4, 0.5) is 11.4 Å². The Kier molecular flexibility index (Phi) is 4.15. The van der Waals surface area contributed by atoms with Crippen molar-refractivity contribution in [1.82, 2.24) is 0 Å². The molecule has 0 aliphatic carbocycles. The minimum atomic E-state index is -0.432. The summed E-state index contributed by atoms with van der Waals surface area (Å²) < 4.78 is 0. The molecule has 1 aliphatic heterocycles. The Morgan fingerprint density at radius 3 is 2.59 bits per heavy atom. The van der Waals surface area contributed by atoms with Gasteiger partial charge in [0.05, 0.1) is 16.9 Å². The van der Waals surface area contributed by atoms with Crippen LogP contribution in [0.1, 0.15) is 6.92 Å². The molecule has 1 aliphatic rings. The number of benzene rings is 2. The quantitative estimate of drug-likeness (QED) is 0.913. The lowest BCUT2D eigenvalue weighted by molar-refractivity contribution is -0.123. The Labute approximate surface area is 133 Å². The van der Waals surface area contributed by atoms with E-state index in [4.69, 9.17) is 0 Å². The minimum absolute atomic E-state index is 0.126. The topological polar surface area (TPSA) is 58.2 Å². The van der Waals surface area contributed by atoms with E-state index in [2.05, 4.69) is 10.6 Å². The fourth-order valence-corrected chi connectivity index (χ4v) is 3.48. The largest absolute Gasteiger partial charge is 0.326 e. The molecular weight excluding hydrogens is 296 g/mol. The van der Waals surface area contributed by atoms with Crippen molar-refractivity contribution >= 4 is 35.0 Å². The van der Waals surface area contributed by atoms with Crippen LogP contribution in [0.5, 0.6) is 0 Å². The van der Waals surface area contributed by atoms with Crippen LogP contribution >= 0.6 is 11.8 Å². The van der Waals surface area contributed by atoms with Crippen LogP contribution in [-0.2, 0) is 9.59 Å². The Bertz CT molecular complexity index is 703. The van der Waals surface area contributed by atoms with Crippen molar-refractivity contribution in [3.8, 4) is 0 Å². The average molecular weight is 312 g/mol. The number of hydrogen-bond donors (Lipinski definition) is 2. The Hall–Kier alpha value is -2.27. The highest BCUT2D eigenvalue weighted by Gasteiger charge is 2.35. The maximum absolute atomic E-state index is 12.4. The molecule has 112 valence electrons. The van der Waals surface area contributed by atoms with Gasteiger partial charge in [-0.25, -0.2) is 0 Å². The summed E-state index contributed by atoms with van der Waals surface area (Å²) in [5.41, 5.74) is 1.55. The molecule has 2 atom stereocenters. The van der Waals surface area contributed by atoms with Crippen molar-refractivity contribution in [2.45, 2.75) is 17.1 Å². The Morgan fingerprint density at radius 2 is 1.82 bits per heavy atom. The van der Waals surface area contributed by atoms with Gasteiger partial charge in [0, 0.05) is 10.6 Å². The van der Waals surface area contributed by atoms with E-state index in [1.165, 1.54) is 11.8 Å². The molecular formula is C17H16N2O2S. The van der Waals surface area contributed by atoms with Gasteiger partial charge >= 0.3 is 0 Å². The molecule has 2 unspecified atom stereocenters. The van der Waals surface area contributed by atoms with E-state index in [0.29, 0.717) is 0 Å². The van der Waals surface area contributed by atoms with Gasteiger partial charge in [-0.2, -0.15) is 0 Å². The third-order valence-electron chi connectivity index (χ3n) is 3.57. The fourth-order valence-electron chi connectivity index (χ4n) is 2.31. The van der Waals surface area contributed by atoms with Crippen LogP contribution in [0.25, 0.3) is 0 Å². The minimum Gasteiger partial charge on any atom is -0.326 e. The molecule has 2 aromatic carbocycles. The highest BCUT2D eigenvalue weighted by molar-refractivity contribution is 8.01. The first-order valence-electron chi connectivity index (χ1n) is 7.07. The maximum Gasteiger partial charge on any atom is 0.238 e. The summed E-state index contributed by atoms with van der Waals surface area (Å²) in [6.45, 7) is 1.78. The lowest BCUT2D eigenvalue weighted by Crippen LogP contribution is -2.39. The van der Waals surface area contributed by atoms with Crippen LogP contribution in [0.2, 0.25) is 0 Å². The Morgan fingerprint density at radius 1 is 1.14 bits per heavy atom. The molecule has 0 fully saturated rings. The summed E-state index contributed by atoms with van der Waals surface area (Å²) in [6, 6.07) is 16.9. The molecule has 1 heterocycles. The number of rotatable bonds is 3. The van der Waals surface area contributed by atoms with Gasteiger partial charge in [0.1, 0.15) is 0 Å². The van der Waals surface area contributed by atoms with Gasteiger partial charge < -0.3 is 10.6 Å². The second kappa shape index (κ2) is 6.23. The fraction of sp³-hybridized carbons (Fsp3) is 0.176. The van der Waals surface area contributed by atoms with Crippen LogP contribution in [-0.4, -0.2) is 17.1 Å². The van der Waals surface area contributed by atoms with E-state index in [1.807, 2.05) is 54.6 Å². The predicted molar refractivity (Wildman–Crippen MR) is 89.0 cm³/mol. The zero-order valence-electron chi connectivity index (χ0n) is 12.1. The maximum atomic E-state index is 12.4. The van der Waals surface area contributed by atoms with Crippen molar-refractivity contribution in [2.75, 3.05) is 10.6 Å². The molecule has 2 N–H and O–H groups in total. The molecule has 0 saturated heterocycles. The Balaban J connectivity index is 1.73. The number of para-hydroxylation sites is 2. The zero-order valence-corrected chi connectivity index (χ0v) is 12.9. The summed E-state index contributed by atoms with van der Waals surface area (Å²) in [6.07, 6.45) is 0. The van der Waals surface area contributed by atoms with Gasteiger partial charge in [0.15, 0.2) is 0 Å². The third-order valence-corrected chi connectivity index (χ3v) is 5.05. The average Bonchev–Trinajstić information content (AvgIpc) is 2.54. The lowest BCUT2D eigenvalue weighted by atomic mass is 10.1. The zero-order chi connectivity index (χ0) is 15.5. The standard InChI is InChI=1S/C17H16N2O2S/c1-11(16(20)18-12-7-3-2-4-8-12)15-17(21)19-13-9-5-6-10-14(13)22-15/h2-11,15H,1H3,(H,18,20)(H,19,21). The van der Waals surface area contributed by atoms with Crippen molar-refractivity contribution < 1.29 is 9.59 Å². The lowest BCUT2D eigenvalue weighted by Gasteiger charge is -2.27. The van der Waals surface area contributed by atoms with Crippen molar-refractivity contribution in [1.29, 1.82) is 0 Å². The van der Waals surface area contributed by atoms with Crippen molar-refractivity contribution in [3.05, 3.63) is 54.6 Å². The van der Waals surface area contributed by atoms with Crippen LogP contribution in [0.15, 0.2) is 59.5 Å². The highest BCUT2D eigenvalue weighted by atomic mass is 32.2. The van der Waals surface area contributed by atoms with Crippen LogP contribution in [0, 0.1) is 5.92 Å². The summed E-state index contributed by atoms with van der Waals surface area (Å²) in [5, 5.41) is 5.29. The normalized spacial score (nSPS) is 18.0. The first-order valence-corrected chi connectivity index (χ1v) is 7.95. The van der Waals surface area contributed by atoms with Gasteiger partial charge in [0.25, 0.3) is 0 Å². The van der Waals surface area contributed by atoms with E-state index in [9.17, 15) is 9.59 Å². The number of fused-ring (bicyclic) bond motifs is 1. The molecule has 0 radical (unpaired) electrons. The van der Waals surface area contributed by atoms with Gasteiger partial charge in [-0.3, -0.25) is 9.59 Å². The molecule has 0 aromatic heterocycles. The highest BCUT2D eigenvalue weighted by Crippen LogP contribution is 2.38. The van der Waals surface area contributed by atoms with Crippen LogP contribution in [0.3, 0.4) is 0 Å². The molecule has 0 spiro atoms. The molecule has 2 aromatic rings. The second-order valence-corrected chi connectivity index (χ2v) is 6.35. The number of anilines is 2. The summed E-state index contributed by atoms with van der Waals surface area (Å²) in [7, 11) is 0. The van der Waals surface area contributed by atoms with Crippen LogP contribution < -0.4 is 10.6 Å². The smallest absolute Gasteiger partial charge is 0.238 e. The SMILES string of the molecule is CC(C(=O)Nc1ccccc1)C1Sc2ccccc2NC1=O. The number of carbonyl (C=O) groups is 2. The number of nitrogens with one attached hydrogen (secondary N) is 2. The number of amides is 2. The molecule has 4 nitrogen and oxygen atoms in total. The molecule has 2 amide bonds. The third kappa shape index (κ3) is 2.99. The van der Waals surface area contributed by atoms with Gasteiger partial charge in [0.2, 0.25) is 11.8 Å². The molecule has 3 rings (SSSR count). The molecule has 5 heteroatoms.